The lowest BCUT2D eigenvalue weighted by molar-refractivity contribution is 0.0694. The average molecular weight is 392 g/mol. The van der Waals surface area contributed by atoms with Crippen LogP contribution in [0.4, 0.5) is 0 Å². The number of carbonyl (C=O) groups is 1. The summed E-state index contributed by atoms with van der Waals surface area (Å²) in [6.45, 7) is 2.81. The van der Waals surface area contributed by atoms with Crippen molar-refractivity contribution in [1.82, 2.24) is 19.7 Å². The quantitative estimate of drug-likeness (QED) is 0.673. The number of carboxylic acid groups (broad SMARTS) is 1. The van der Waals surface area contributed by atoms with Gasteiger partial charge in [-0.15, -0.1) is 0 Å². The minimum atomic E-state index is -0.892. The first-order chi connectivity index (χ1) is 14.1. The Balaban J connectivity index is 1.43. The van der Waals surface area contributed by atoms with Crippen molar-refractivity contribution in [2.75, 3.05) is 13.1 Å². The van der Waals surface area contributed by atoms with Crippen molar-refractivity contribution in [3.63, 3.8) is 0 Å². The molecular weight excluding hydrogens is 368 g/mol. The molecule has 2 N–H and O–H groups in total. The fraction of sp³-hybridized carbons (Fsp3) is 0.318. The Bertz CT molecular complexity index is 1030. The molecule has 0 saturated carbocycles. The van der Waals surface area contributed by atoms with E-state index < -0.39 is 5.97 Å². The maximum Gasteiger partial charge on any atom is 0.343 e. The van der Waals surface area contributed by atoms with Gasteiger partial charge in [-0.1, -0.05) is 48.5 Å². The largest absolute Gasteiger partial charge is 0.478 e. The molecule has 2 aromatic carbocycles. The van der Waals surface area contributed by atoms with Gasteiger partial charge in [-0.05, 0) is 43.1 Å². The van der Waals surface area contributed by atoms with E-state index in [1.54, 1.807) is 16.7 Å². The Morgan fingerprint density at radius 3 is 2.45 bits per heavy atom. The summed E-state index contributed by atoms with van der Waals surface area (Å²) in [4.78, 5) is 26.0. The van der Waals surface area contributed by atoms with E-state index in [2.05, 4.69) is 15.1 Å². The number of hydrogen-bond acceptors (Lipinski definition) is 4. The average Bonchev–Trinajstić information content (AvgIpc) is 3.10. The molecule has 1 saturated heterocycles. The number of carboxylic acids is 1. The van der Waals surface area contributed by atoms with Gasteiger partial charge in [0.15, 0.2) is 0 Å². The van der Waals surface area contributed by atoms with Gasteiger partial charge in [0.05, 0.1) is 12.1 Å². The number of piperidine rings is 1. The lowest BCUT2D eigenvalue weighted by Crippen LogP contribution is -2.34. The number of nitrogens with one attached hydrogen (secondary N) is 1. The summed E-state index contributed by atoms with van der Waals surface area (Å²) in [6.07, 6.45) is 1.77. The molecule has 3 aromatic rings. The third-order valence-electron chi connectivity index (χ3n) is 5.57. The third-order valence-corrected chi connectivity index (χ3v) is 5.57. The van der Waals surface area contributed by atoms with E-state index in [1.165, 1.54) is 0 Å². The predicted molar refractivity (Wildman–Crippen MR) is 109 cm³/mol. The van der Waals surface area contributed by atoms with Crippen molar-refractivity contribution in [3.05, 3.63) is 87.6 Å². The van der Waals surface area contributed by atoms with Gasteiger partial charge >= 0.3 is 11.7 Å². The monoisotopic (exact) mass is 392 g/mol. The van der Waals surface area contributed by atoms with Crippen LogP contribution in [0.1, 0.15) is 46.1 Å². The van der Waals surface area contributed by atoms with Crippen LogP contribution in [0, 0.1) is 0 Å². The Morgan fingerprint density at radius 1 is 1.03 bits per heavy atom. The molecule has 0 amide bonds. The highest BCUT2D eigenvalue weighted by Crippen LogP contribution is 2.27. The molecule has 0 unspecified atom stereocenters. The molecule has 1 aromatic heterocycles. The molecule has 2 heterocycles. The molecule has 1 aliphatic rings. The molecule has 0 spiro atoms. The van der Waals surface area contributed by atoms with E-state index in [-0.39, 0.29) is 11.6 Å². The number of aromatic amines is 1. The molecule has 1 aliphatic heterocycles. The Morgan fingerprint density at radius 2 is 1.72 bits per heavy atom. The molecule has 0 aliphatic carbocycles. The molecule has 7 nitrogen and oxygen atoms in total. The van der Waals surface area contributed by atoms with Crippen molar-refractivity contribution in [3.8, 4) is 0 Å². The molecule has 0 bridgehead atoms. The summed E-state index contributed by atoms with van der Waals surface area (Å²) in [5, 5.41) is 16.3. The van der Waals surface area contributed by atoms with E-state index in [1.807, 2.05) is 42.5 Å². The minimum Gasteiger partial charge on any atom is -0.478 e. The van der Waals surface area contributed by atoms with Crippen LogP contribution in [-0.2, 0) is 13.1 Å². The Kier molecular flexibility index (Phi) is 5.57. The summed E-state index contributed by atoms with van der Waals surface area (Å²) >= 11 is 0. The molecule has 150 valence electrons. The number of aromatic carboxylic acids is 1. The molecule has 0 radical (unpaired) electrons. The normalized spacial score (nSPS) is 15.4. The van der Waals surface area contributed by atoms with Crippen LogP contribution >= 0.6 is 0 Å². The molecular formula is C22H24N4O3. The zero-order valence-corrected chi connectivity index (χ0v) is 16.1. The zero-order valence-electron chi connectivity index (χ0n) is 16.1. The fourth-order valence-electron chi connectivity index (χ4n) is 4.02. The SMILES string of the molecule is O=C(O)c1ccccc1CN1CCC(c2n[nH]c(=O)n2Cc2ccccc2)CC1. The van der Waals surface area contributed by atoms with Gasteiger partial charge < -0.3 is 5.11 Å². The van der Waals surface area contributed by atoms with Gasteiger partial charge in [0.1, 0.15) is 5.82 Å². The number of likely N-dealkylation sites (tertiary alicyclic amines) is 1. The minimum absolute atomic E-state index is 0.179. The molecule has 7 heteroatoms. The smallest absolute Gasteiger partial charge is 0.343 e. The highest BCUT2D eigenvalue weighted by molar-refractivity contribution is 5.89. The fourth-order valence-corrected chi connectivity index (χ4v) is 4.02. The van der Waals surface area contributed by atoms with Crippen molar-refractivity contribution < 1.29 is 9.90 Å². The highest BCUT2D eigenvalue weighted by Gasteiger charge is 2.26. The standard InChI is InChI=1S/C22H24N4O3/c27-21(28)19-9-5-4-8-18(19)15-25-12-10-17(11-13-25)20-23-24-22(29)26(20)14-16-6-2-1-3-7-16/h1-9,17H,10-15H2,(H,24,29)(H,27,28). The number of hydrogen-bond donors (Lipinski definition) is 2. The summed E-state index contributed by atoms with van der Waals surface area (Å²) in [5.74, 6) is 0.130. The second-order valence-corrected chi connectivity index (χ2v) is 7.47. The van der Waals surface area contributed by atoms with Crippen LogP contribution in [0.25, 0.3) is 0 Å². The first-order valence-electron chi connectivity index (χ1n) is 9.84. The van der Waals surface area contributed by atoms with Crippen LogP contribution in [0.5, 0.6) is 0 Å². The third kappa shape index (κ3) is 4.30. The van der Waals surface area contributed by atoms with Crippen LogP contribution in [0.15, 0.2) is 59.4 Å². The number of H-pyrrole nitrogens is 1. The van der Waals surface area contributed by atoms with Crippen molar-refractivity contribution in [2.45, 2.75) is 31.8 Å². The van der Waals surface area contributed by atoms with E-state index in [0.717, 1.165) is 42.9 Å². The number of benzene rings is 2. The van der Waals surface area contributed by atoms with Crippen LogP contribution in [0.3, 0.4) is 0 Å². The first-order valence-corrected chi connectivity index (χ1v) is 9.84. The number of aromatic nitrogens is 3. The lowest BCUT2D eigenvalue weighted by Gasteiger charge is -2.31. The second-order valence-electron chi connectivity index (χ2n) is 7.47. The Labute approximate surface area is 168 Å². The van der Waals surface area contributed by atoms with Crippen molar-refractivity contribution in [1.29, 1.82) is 0 Å². The molecule has 29 heavy (non-hydrogen) atoms. The lowest BCUT2D eigenvalue weighted by atomic mass is 9.95. The van der Waals surface area contributed by atoms with Crippen LogP contribution < -0.4 is 5.69 Å². The van der Waals surface area contributed by atoms with Gasteiger partial charge in [-0.25, -0.2) is 14.7 Å². The predicted octanol–water partition coefficient (Wildman–Crippen LogP) is 2.70. The number of rotatable bonds is 6. The maximum absolute atomic E-state index is 12.3. The van der Waals surface area contributed by atoms with Gasteiger partial charge in [-0.3, -0.25) is 9.47 Å². The van der Waals surface area contributed by atoms with Crippen LogP contribution in [0.2, 0.25) is 0 Å². The van der Waals surface area contributed by atoms with Gasteiger partial charge in [0.2, 0.25) is 0 Å². The summed E-state index contributed by atoms with van der Waals surface area (Å²) in [5.41, 5.74) is 2.08. The number of nitrogens with zero attached hydrogens (tertiary/aromatic N) is 3. The second kappa shape index (κ2) is 8.45. The van der Waals surface area contributed by atoms with E-state index in [9.17, 15) is 14.7 Å². The maximum atomic E-state index is 12.3. The summed E-state index contributed by atoms with van der Waals surface area (Å²) in [7, 11) is 0. The zero-order chi connectivity index (χ0) is 20.2. The van der Waals surface area contributed by atoms with Gasteiger partial charge in [-0.2, -0.15) is 5.10 Å². The topological polar surface area (TPSA) is 91.2 Å². The molecule has 0 atom stereocenters. The van der Waals surface area contributed by atoms with Crippen molar-refractivity contribution in [2.24, 2.45) is 0 Å². The molecule has 1 fully saturated rings. The highest BCUT2D eigenvalue weighted by atomic mass is 16.4. The van der Waals surface area contributed by atoms with E-state index in [0.29, 0.717) is 18.7 Å². The van der Waals surface area contributed by atoms with Gasteiger partial charge in [0.25, 0.3) is 0 Å². The van der Waals surface area contributed by atoms with E-state index in [4.69, 9.17) is 0 Å². The van der Waals surface area contributed by atoms with E-state index >= 15 is 0 Å². The molecule has 4 rings (SSSR count). The van der Waals surface area contributed by atoms with Crippen LogP contribution in [-0.4, -0.2) is 43.8 Å². The van der Waals surface area contributed by atoms with Crippen molar-refractivity contribution >= 4 is 5.97 Å². The Hall–Kier alpha value is -3.19. The summed E-state index contributed by atoms with van der Waals surface area (Å²) < 4.78 is 1.73. The van der Waals surface area contributed by atoms with Gasteiger partial charge in [0, 0.05) is 12.5 Å². The summed E-state index contributed by atoms with van der Waals surface area (Å²) in [6, 6.07) is 17.1. The first kappa shape index (κ1) is 19.1.